The summed E-state index contributed by atoms with van der Waals surface area (Å²) in [6, 6.07) is 14.3. The fraction of sp³-hybridized carbons (Fsp3) is 0.167. The van der Waals surface area contributed by atoms with Gasteiger partial charge < -0.3 is 27.4 Å². The molecule has 1 aromatic heterocycles. The molecule has 0 saturated heterocycles. The average Bonchev–Trinajstić information content (AvgIpc) is 2.79. The van der Waals surface area contributed by atoms with Gasteiger partial charge in [0, 0.05) is 23.8 Å². The number of anilines is 3. The Bertz CT molecular complexity index is 1200. The number of hydrogen-bond donors (Lipinski definition) is 5. The topological polar surface area (TPSA) is 143 Å². The number of hydrogen-bond acceptors (Lipinski definition) is 7. The van der Waals surface area contributed by atoms with Gasteiger partial charge in [-0.15, -0.1) is 0 Å². The largest absolute Gasteiger partial charge is 0.382 e. The van der Waals surface area contributed by atoms with E-state index in [1.807, 2.05) is 26.0 Å². The summed E-state index contributed by atoms with van der Waals surface area (Å²) in [6.45, 7) is 7.46. The number of nitrogens with zero attached hydrogens (tertiary/aromatic N) is 3. The number of nitrogens with one attached hydrogen (secondary N) is 3. The molecule has 2 aromatic carbocycles. The molecule has 0 fully saturated rings. The van der Waals surface area contributed by atoms with Crippen molar-refractivity contribution in [2.75, 3.05) is 23.0 Å². The SMILES string of the molecule is C=CNc1c(NC)ncnc1C(N)=Nc1cccc(NC(=O)c2cccc(C(C)(C)N)c2)c1. The molecular formula is C24H28N8O. The zero-order valence-corrected chi connectivity index (χ0v) is 18.9. The maximum Gasteiger partial charge on any atom is 0.255 e. The number of aromatic nitrogens is 2. The summed E-state index contributed by atoms with van der Waals surface area (Å²) >= 11 is 0. The summed E-state index contributed by atoms with van der Waals surface area (Å²) in [4.78, 5) is 25.7. The summed E-state index contributed by atoms with van der Waals surface area (Å²) in [7, 11) is 1.74. The highest BCUT2D eigenvalue weighted by Gasteiger charge is 2.16. The Hall–Kier alpha value is -4.24. The van der Waals surface area contributed by atoms with Gasteiger partial charge in [-0.3, -0.25) is 4.79 Å². The number of benzene rings is 2. The van der Waals surface area contributed by atoms with Crippen LogP contribution in [-0.4, -0.2) is 28.8 Å². The van der Waals surface area contributed by atoms with Crippen molar-refractivity contribution >= 4 is 34.6 Å². The first-order chi connectivity index (χ1) is 15.7. The lowest BCUT2D eigenvalue weighted by atomic mass is 9.94. The number of rotatable bonds is 8. The Morgan fingerprint density at radius 3 is 2.61 bits per heavy atom. The second kappa shape index (κ2) is 9.92. The number of amides is 1. The Morgan fingerprint density at radius 1 is 1.15 bits per heavy atom. The predicted octanol–water partition coefficient (Wildman–Crippen LogP) is 3.56. The van der Waals surface area contributed by atoms with E-state index in [1.54, 1.807) is 43.4 Å². The van der Waals surface area contributed by atoms with E-state index >= 15 is 0 Å². The van der Waals surface area contributed by atoms with Gasteiger partial charge in [0.25, 0.3) is 5.91 Å². The lowest BCUT2D eigenvalue weighted by Crippen LogP contribution is -2.29. The summed E-state index contributed by atoms with van der Waals surface area (Å²) in [5.74, 6) is 0.490. The van der Waals surface area contributed by atoms with E-state index < -0.39 is 5.54 Å². The first-order valence-corrected chi connectivity index (χ1v) is 10.3. The number of carbonyl (C=O) groups excluding carboxylic acids is 1. The smallest absolute Gasteiger partial charge is 0.255 e. The van der Waals surface area contributed by atoms with Gasteiger partial charge >= 0.3 is 0 Å². The van der Waals surface area contributed by atoms with Gasteiger partial charge in [0.15, 0.2) is 11.7 Å². The molecule has 0 atom stereocenters. The van der Waals surface area contributed by atoms with Gasteiger partial charge in [-0.2, -0.15) is 0 Å². The Kier molecular flexibility index (Phi) is 7.04. The fourth-order valence-corrected chi connectivity index (χ4v) is 3.12. The minimum absolute atomic E-state index is 0.180. The summed E-state index contributed by atoms with van der Waals surface area (Å²) < 4.78 is 0. The van der Waals surface area contributed by atoms with Crippen LogP contribution in [-0.2, 0) is 5.54 Å². The zero-order chi connectivity index (χ0) is 24.0. The molecule has 0 unspecified atom stereocenters. The van der Waals surface area contributed by atoms with Gasteiger partial charge in [-0.05, 0) is 55.9 Å². The first-order valence-electron chi connectivity index (χ1n) is 10.3. The molecule has 7 N–H and O–H groups in total. The van der Waals surface area contributed by atoms with Gasteiger partial charge in [-0.1, -0.05) is 24.8 Å². The third-order valence-corrected chi connectivity index (χ3v) is 4.80. The van der Waals surface area contributed by atoms with E-state index in [0.29, 0.717) is 34.1 Å². The van der Waals surface area contributed by atoms with Crippen LogP contribution in [0.5, 0.6) is 0 Å². The van der Waals surface area contributed by atoms with Gasteiger partial charge in [0.1, 0.15) is 17.7 Å². The van der Waals surface area contributed by atoms with Gasteiger partial charge in [0.2, 0.25) is 0 Å². The van der Waals surface area contributed by atoms with Crippen molar-refractivity contribution in [3.05, 3.63) is 84.5 Å². The van der Waals surface area contributed by atoms with Crippen LogP contribution in [0.4, 0.5) is 22.9 Å². The van der Waals surface area contributed by atoms with E-state index in [0.717, 1.165) is 5.56 Å². The molecule has 0 saturated carbocycles. The minimum Gasteiger partial charge on any atom is -0.382 e. The van der Waals surface area contributed by atoms with E-state index in [9.17, 15) is 4.79 Å². The van der Waals surface area contributed by atoms with E-state index in [2.05, 4.69) is 37.5 Å². The molecule has 33 heavy (non-hydrogen) atoms. The summed E-state index contributed by atoms with van der Waals surface area (Å²) in [5.41, 5.74) is 15.3. The molecule has 3 rings (SSSR count). The van der Waals surface area contributed by atoms with E-state index in [-0.39, 0.29) is 11.7 Å². The maximum absolute atomic E-state index is 12.8. The molecule has 0 bridgehead atoms. The van der Waals surface area contributed by atoms with E-state index in [4.69, 9.17) is 11.5 Å². The van der Waals surface area contributed by atoms with Crippen molar-refractivity contribution in [3.8, 4) is 0 Å². The highest BCUT2D eigenvalue weighted by Crippen LogP contribution is 2.24. The second-order valence-corrected chi connectivity index (χ2v) is 7.85. The lowest BCUT2D eigenvalue weighted by Gasteiger charge is -2.19. The van der Waals surface area contributed by atoms with Crippen molar-refractivity contribution in [1.82, 2.24) is 9.97 Å². The molecule has 0 radical (unpaired) electrons. The van der Waals surface area contributed by atoms with Gasteiger partial charge in [-0.25, -0.2) is 15.0 Å². The third kappa shape index (κ3) is 5.72. The van der Waals surface area contributed by atoms with Crippen molar-refractivity contribution in [3.63, 3.8) is 0 Å². The predicted molar refractivity (Wildman–Crippen MR) is 134 cm³/mol. The monoisotopic (exact) mass is 444 g/mol. The number of carbonyl (C=O) groups is 1. The number of nitrogens with two attached hydrogens (primary N) is 2. The van der Waals surface area contributed by atoms with Crippen LogP contribution in [0, 0.1) is 0 Å². The standard InChI is InChI=1S/C24H28N8O/c1-5-28-20-19(29-14-30-22(20)27-4)21(25)31-17-10-7-11-18(13-17)32-23(33)15-8-6-9-16(12-15)24(2,3)26/h5-14,28H,1,26H2,2-4H3,(H2,25,31)(H,32,33)(H,27,29,30). The molecular weight excluding hydrogens is 416 g/mol. The lowest BCUT2D eigenvalue weighted by molar-refractivity contribution is 0.102. The Balaban J connectivity index is 1.85. The molecule has 3 aromatic rings. The molecule has 0 spiro atoms. The molecule has 9 heteroatoms. The summed E-state index contributed by atoms with van der Waals surface area (Å²) in [5, 5.41) is 8.84. The van der Waals surface area contributed by atoms with Crippen molar-refractivity contribution < 1.29 is 4.79 Å². The Labute approximate surface area is 193 Å². The highest BCUT2D eigenvalue weighted by atomic mass is 16.1. The highest BCUT2D eigenvalue weighted by molar-refractivity contribution is 6.05. The van der Waals surface area contributed by atoms with Crippen molar-refractivity contribution in [2.24, 2.45) is 16.5 Å². The van der Waals surface area contributed by atoms with Crippen molar-refractivity contribution in [1.29, 1.82) is 0 Å². The second-order valence-electron chi connectivity index (χ2n) is 7.85. The van der Waals surface area contributed by atoms with E-state index in [1.165, 1.54) is 12.5 Å². The van der Waals surface area contributed by atoms with Crippen LogP contribution in [0.1, 0.15) is 35.5 Å². The number of amidine groups is 1. The zero-order valence-electron chi connectivity index (χ0n) is 18.9. The summed E-state index contributed by atoms with van der Waals surface area (Å²) in [6.07, 6.45) is 2.90. The fourth-order valence-electron chi connectivity index (χ4n) is 3.12. The molecule has 0 aliphatic heterocycles. The minimum atomic E-state index is -0.546. The van der Waals surface area contributed by atoms with Crippen LogP contribution in [0.15, 0.2) is 72.6 Å². The van der Waals surface area contributed by atoms with Gasteiger partial charge in [0.05, 0.1) is 5.69 Å². The maximum atomic E-state index is 12.8. The molecule has 170 valence electrons. The molecule has 1 amide bonds. The third-order valence-electron chi connectivity index (χ3n) is 4.80. The quantitative estimate of drug-likeness (QED) is 0.264. The van der Waals surface area contributed by atoms with Crippen LogP contribution in [0.2, 0.25) is 0 Å². The van der Waals surface area contributed by atoms with Crippen LogP contribution >= 0.6 is 0 Å². The molecule has 0 aliphatic carbocycles. The average molecular weight is 445 g/mol. The molecule has 1 heterocycles. The van der Waals surface area contributed by atoms with Crippen LogP contribution < -0.4 is 27.4 Å². The Morgan fingerprint density at radius 2 is 1.91 bits per heavy atom. The van der Waals surface area contributed by atoms with Crippen LogP contribution in [0.25, 0.3) is 0 Å². The number of aliphatic imine (C=N–C) groups is 1. The first kappa shape index (κ1) is 23.4. The molecule has 0 aliphatic rings. The van der Waals surface area contributed by atoms with Crippen LogP contribution in [0.3, 0.4) is 0 Å². The normalized spacial score (nSPS) is 11.6. The molecule has 9 nitrogen and oxygen atoms in total. The van der Waals surface area contributed by atoms with Crippen molar-refractivity contribution in [2.45, 2.75) is 19.4 Å².